The quantitative estimate of drug-likeness (QED) is 0.0880. The highest BCUT2D eigenvalue weighted by molar-refractivity contribution is 8.06. The molecular weight excluding hydrogens is 1640 g/mol. The second kappa shape index (κ2) is 31.3. The van der Waals surface area contributed by atoms with E-state index in [9.17, 15) is 92.9 Å². The van der Waals surface area contributed by atoms with Crippen molar-refractivity contribution in [3.8, 4) is 5.75 Å². The van der Waals surface area contributed by atoms with E-state index in [4.69, 9.17) is 23.9 Å². The molecule has 4 atom stereocenters. The van der Waals surface area contributed by atoms with Gasteiger partial charge in [-0.1, -0.05) is 44.2 Å². The number of aromatic carboxylic acids is 1. The van der Waals surface area contributed by atoms with Crippen molar-refractivity contribution in [1.82, 2.24) is 13.6 Å². The summed E-state index contributed by atoms with van der Waals surface area (Å²) in [4.78, 5) is 43.8. The van der Waals surface area contributed by atoms with Crippen molar-refractivity contribution in [3.63, 3.8) is 0 Å². The number of phenols is 1. The molecule has 22 fully saturated rings. The predicted octanol–water partition coefficient (Wildman–Crippen LogP) is 10.3. The first-order valence-corrected chi connectivity index (χ1v) is 50.9. The molecular formula is C78H113N3O27S7. The van der Waals surface area contributed by atoms with Gasteiger partial charge in [0.25, 0.3) is 36.3 Å². The highest BCUT2D eigenvalue weighted by Crippen LogP contribution is 2.66. The SMILES string of the molecule is CC1(C)C2CCC1(CS(=O)(=O)O)C(=O)C2.CC1=CC(=O)NS(=O)(=O)O1.O=C(O)C12CC3CC(CC(O)(C3)C1)C2.O=C(O)c1ccccc1O.O=S(=O)(NS(=O)(=O)C12CC3CC(CC(C3)C1)C2)C12CC3CC(CC(C3)C1)C2.O=S(=O)(O)C12CC3CC(CC(C3)C1)C2.O=S(=O)(O)NC12CC3CC(CC(C3)C1)C2.O=S(=O)(O)c1ccccc1. The van der Waals surface area contributed by atoms with Crippen molar-refractivity contribution in [3.05, 3.63) is 72.0 Å². The Bertz CT molecular complexity index is 4750. The number of Topliss-reactive ketones (excluding diaryl/α,β-unsaturated/α-hetero) is 1. The molecule has 0 spiro atoms. The van der Waals surface area contributed by atoms with Crippen LogP contribution in [0.2, 0.25) is 0 Å². The fourth-order valence-electron chi connectivity index (χ4n) is 27.6. The third-order valence-corrected chi connectivity index (χ3v) is 40.2. The number of carboxylic acids is 2. The number of fused-ring (bicyclic) bond motifs is 2. The number of sulfonamides is 2. The maximum atomic E-state index is 13.5. The summed E-state index contributed by atoms with van der Waals surface area (Å²) in [6.07, 6.45) is 31.3. The Hall–Kier alpha value is -4.77. The van der Waals surface area contributed by atoms with Gasteiger partial charge in [-0.05, 0) is 331 Å². The van der Waals surface area contributed by atoms with Crippen LogP contribution in [-0.4, -0.2) is 152 Å². The van der Waals surface area contributed by atoms with Gasteiger partial charge in [-0.3, -0.25) is 32.6 Å². The lowest BCUT2D eigenvalue weighted by atomic mass is 9.48. The molecule has 644 valence electrons. The Morgan fingerprint density at radius 3 is 1.21 bits per heavy atom. The lowest BCUT2D eigenvalue weighted by Crippen LogP contribution is -2.63. The Labute approximate surface area is 676 Å². The molecule has 23 aliphatic rings. The molecule has 30 nitrogen and oxygen atoms in total. The normalized spacial score (nSPS) is 40.5. The van der Waals surface area contributed by atoms with Gasteiger partial charge in [0.1, 0.15) is 22.9 Å². The molecule has 37 heteroatoms. The number of aromatic hydroxyl groups is 1. The van der Waals surface area contributed by atoms with E-state index in [1.54, 1.807) is 35.1 Å². The van der Waals surface area contributed by atoms with Crippen molar-refractivity contribution in [2.45, 2.75) is 263 Å². The van der Waals surface area contributed by atoms with Gasteiger partial charge < -0.3 is 24.6 Å². The molecule has 1 amide bonds. The molecule has 2 aromatic rings. The number of rotatable bonds is 12. The Morgan fingerprint density at radius 2 is 0.913 bits per heavy atom. The lowest BCUT2D eigenvalue weighted by molar-refractivity contribution is -0.191. The summed E-state index contributed by atoms with van der Waals surface area (Å²) >= 11 is 0. The lowest BCUT2D eigenvalue weighted by Gasteiger charge is -2.58. The van der Waals surface area contributed by atoms with Crippen LogP contribution in [-0.2, 0) is 89.6 Å². The van der Waals surface area contributed by atoms with Crippen LogP contribution in [0.5, 0.6) is 5.75 Å². The number of carbonyl (C=O) groups excluding carboxylic acids is 2. The average Bonchev–Trinajstić information content (AvgIpc) is 1.66. The summed E-state index contributed by atoms with van der Waals surface area (Å²) in [5.74, 6) is 4.91. The molecule has 0 aromatic heterocycles. The molecule has 0 radical (unpaired) electrons. The number of allylic oxidation sites excluding steroid dienone is 1. The second-order valence-electron chi connectivity index (χ2n) is 39.2. The molecule has 22 saturated carbocycles. The van der Waals surface area contributed by atoms with E-state index in [1.165, 1.54) is 69.7 Å². The van der Waals surface area contributed by atoms with Crippen LogP contribution in [0.25, 0.3) is 0 Å². The van der Waals surface area contributed by atoms with Gasteiger partial charge in [0.15, 0.2) is 0 Å². The molecule has 11 N–H and O–H groups in total. The first kappa shape index (κ1) is 88.0. The third-order valence-electron chi connectivity index (χ3n) is 30.3. The number of hydrogen-bond acceptors (Lipinski definition) is 21. The molecule has 22 bridgehead atoms. The van der Waals surface area contributed by atoms with Crippen molar-refractivity contribution in [2.75, 3.05) is 5.75 Å². The summed E-state index contributed by atoms with van der Waals surface area (Å²) in [7, 11) is -27.5. The first-order valence-electron chi connectivity index (χ1n) is 40.6. The van der Waals surface area contributed by atoms with E-state index in [-0.39, 0.29) is 44.6 Å². The standard InChI is InChI=1S/C20H31NO4S2.C11H16O3.C10H17NO3S.C10H16O4S.C10H16O3S.C7H6O3.C6H6O3S.C4H5NO4S/c22-26(23,19-7-13-1-14(8-19)3-15(2-13)9-19)21-27(24,25)20-10-16-4-17(11-20)6-18(5-16)12-20;12-9(13)10-2-7-1-8(3-10)5-11(14,4-7)6-10;12-15(13,14)11-10-4-7-1-8(5-10)3-9(2-7)6-10;1-9(2)7-3-4-10(9,8(11)5-7)6-15(12,13)14;11-14(12,13)10-4-7-1-8(5-10)3-9(2-7)6-10;8-6-4-2-1-3-5(6)7(9)10;7-10(8,9)6-4-2-1-3-5-6;1-3-2-4(6)5-10(7,8)9-3/h13-18,21H,1-12H2;7-8,14H,1-6H2,(H,12,13);7-9,11H,1-6H2,(H,12,13,14);7H,3-6H2,1-2H3,(H,12,13,14);7-9H,1-6H2,(H,11,12,13);1-4,8H,(H,9,10);1-5H,(H,7,8,9);2H,1H3,(H,5,6). The van der Waals surface area contributed by atoms with Crippen molar-refractivity contribution < 1.29 is 121 Å². The summed E-state index contributed by atoms with van der Waals surface area (Å²) in [5.41, 5.74) is -2.70. The minimum atomic E-state index is -4.08. The van der Waals surface area contributed by atoms with Crippen molar-refractivity contribution in [1.29, 1.82) is 0 Å². The number of carbonyl (C=O) groups is 4. The molecule has 22 aliphatic carbocycles. The number of benzene rings is 2. The number of aliphatic carboxylic acids is 1. The van der Waals surface area contributed by atoms with Crippen LogP contribution >= 0.6 is 0 Å². The summed E-state index contributed by atoms with van der Waals surface area (Å²) in [6, 6.07) is 13.2. The Kier molecular flexibility index (Phi) is 23.9. The zero-order valence-electron chi connectivity index (χ0n) is 65.2. The number of para-hydroxylation sites is 1. The van der Waals surface area contributed by atoms with E-state index in [1.807, 2.05) is 13.8 Å². The van der Waals surface area contributed by atoms with E-state index >= 15 is 0 Å². The van der Waals surface area contributed by atoms with Crippen LogP contribution in [0.3, 0.4) is 0 Å². The van der Waals surface area contributed by atoms with Gasteiger partial charge in [-0.25, -0.2) is 26.4 Å². The summed E-state index contributed by atoms with van der Waals surface area (Å²) in [6.45, 7) is 5.28. The van der Waals surface area contributed by atoms with Crippen LogP contribution in [0.15, 0.2) is 71.3 Å². The molecule has 2 aromatic carbocycles. The van der Waals surface area contributed by atoms with E-state index in [0.717, 1.165) is 122 Å². The third kappa shape index (κ3) is 18.8. The predicted molar refractivity (Wildman–Crippen MR) is 419 cm³/mol. The highest BCUT2D eigenvalue weighted by atomic mass is 32.3. The first-order chi connectivity index (χ1) is 53.1. The number of amides is 1. The number of aliphatic hydroxyl groups is 1. The molecule has 115 heavy (non-hydrogen) atoms. The zero-order valence-corrected chi connectivity index (χ0v) is 70.9. The smallest absolute Gasteiger partial charge is 0.409 e. The second-order valence-corrected chi connectivity index (χ2v) is 50.7. The average molecular weight is 1750 g/mol. The van der Waals surface area contributed by atoms with Crippen LogP contribution in [0, 0.1) is 105 Å². The molecule has 4 unspecified atom stereocenters. The Morgan fingerprint density at radius 1 is 0.530 bits per heavy atom. The maximum absolute atomic E-state index is 13.5. The van der Waals surface area contributed by atoms with Gasteiger partial charge in [-0.2, -0.15) is 46.8 Å². The molecule has 25 rings (SSSR count). The largest absolute Gasteiger partial charge is 0.507 e. The van der Waals surface area contributed by atoms with Gasteiger partial charge in [0.05, 0.1) is 41.3 Å². The van der Waals surface area contributed by atoms with Gasteiger partial charge in [-0.15, -0.1) is 4.13 Å². The van der Waals surface area contributed by atoms with Crippen molar-refractivity contribution in [2.24, 2.45) is 105 Å². The fraction of sp³-hybridized carbons (Fsp3) is 0.769. The molecule has 0 saturated heterocycles. The minimum absolute atomic E-state index is 0.0152. The van der Waals surface area contributed by atoms with E-state index < -0.39 is 125 Å². The highest BCUT2D eigenvalue weighted by Gasteiger charge is 2.67. The van der Waals surface area contributed by atoms with Crippen molar-refractivity contribution >= 4 is 94.6 Å². The number of carboxylic acid groups (broad SMARTS) is 2. The maximum Gasteiger partial charge on any atom is 0.409 e. The van der Waals surface area contributed by atoms with Crippen LogP contribution < -0.4 is 13.6 Å². The number of nitrogens with one attached hydrogen (secondary N) is 3. The van der Waals surface area contributed by atoms with Gasteiger partial charge in [0, 0.05) is 18.0 Å². The van der Waals surface area contributed by atoms with E-state index in [2.05, 4.69) is 13.0 Å². The van der Waals surface area contributed by atoms with Gasteiger partial charge in [0.2, 0.25) is 20.0 Å². The molecule has 1 aliphatic heterocycles. The zero-order chi connectivity index (χ0) is 83.7. The fourth-order valence-corrected chi connectivity index (χ4v) is 37.6. The van der Waals surface area contributed by atoms with Crippen LogP contribution in [0.1, 0.15) is 243 Å². The summed E-state index contributed by atoms with van der Waals surface area (Å²) < 4.78 is 207. The van der Waals surface area contributed by atoms with E-state index in [0.29, 0.717) is 141 Å². The Balaban J connectivity index is 0.000000118. The van der Waals surface area contributed by atoms with Gasteiger partial charge >= 0.3 is 32.5 Å². The monoisotopic (exact) mass is 1750 g/mol. The topological polar surface area (TPSA) is 514 Å². The summed E-state index contributed by atoms with van der Waals surface area (Å²) in [5, 5.41) is 36.8. The minimum Gasteiger partial charge on any atom is -0.507 e. The number of hydrogen-bond donors (Lipinski definition) is 11. The van der Waals surface area contributed by atoms with Crippen LogP contribution in [0.4, 0.5) is 0 Å². The number of ketones is 1. The molecule has 1 heterocycles.